The van der Waals surface area contributed by atoms with E-state index in [0.29, 0.717) is 24.0 Å². The van der Waals surface area contributed by atoms with Gasteiger partial charge in [0, 0.05) is 17.8 Å². The molecule has 4 rings (SSSR count). The van der Waals surface area contributed by atoms with Crippen LogP contribution in [0.2, 0.25) is 0 Å². The highest BCUT2D eigenvalue weighted by Crippen LogP contribution is 2.30. The number of thiophene rings is 1. The zero-order chi connectivity index (χ0) is 19.5. The van der Waals surface area contributed by atoms with Crippen molar-refractivity contribution in [3.8, 4) is 9.88 Å². The maximum absolute atomic E-state index is 12.5. The molecular formula is C20H18N4O2S2. The van der Waals surface area contributed by atoms with E-state index in [-0.39, 0.29) is 17.9 Å². The van der Waals surface area contributed by atoms with Crippen molar-refractivity contribution in [2.75, 3.05) is 0 Å². The van der Waals surface area contributed by atoms with Crippen LogP contribution < -0.4 is 10.9 Å². The zero-order valence-electron chi connectivity index (χ0n) is 15.2. The topological polar surface area (TPSA) is 76.9 Å². The second kappa shape index (κ2) is 8.04. The molecule has 0 aliphatic rings. The number of carbonyl (C=O) groups is 1. The normalized spacial score (nSPS) is 11.0. The molecule has 0 saturated carbocycles. The van der Waals surface area contributed by atoms with Crippen molar-refractivity contribution in [1.29, 1.82) is 0 Å². The molecule has 1 amide bonds. The number of nitrogens with one attached hydrogen (secondary N) is 1. The van der Waals surface area contributed by atoms with Crippen molar-refractivity contribution in [3.05, 3.63) is 69.0 Å². The third-order valence-corrected chi connectivity index (χ3v) is 6.58. The van der Waals surface area contributed by atoms with Gasteiger partial charge in [0.05, 0.1) is 34.3 Å². The van der Waals surface area contributed by atoms with E-state index < -0.39 is 0 Å². The summed E-state index contributed by atoms with van der Waals surface area (Å²) in [5.41, 5.74) is 1.47. The fourth-order valence-corrected chi connectivity index (χ4v) is 4.65. The quantitative estimate of drug-likeness (QED) is 0.527. The molecule has 0 aliphatic heterocycles. The van der Waals surface area contributed by atoms with Crippen LogP contribution in [0, 0.1) is 6.92 Å². The van der Waals surface area contributed by atoms with E-state index in [4.69, 9.17) is 0 Å². The lowest BCUT2D eigenvalue weighted by Gasteiger charge is -2.07. The lowest BCUT2D eigenvalue weighted by molar-refractivity contribution is -0.121. The molecule has 1 N–H and O–H groups in total. The van der Waals surface area contributed by atoms with Gasteiger partial charge in [-0.3, -0.25) is 14.2 Å². The number of rotatable bonds is 6. The molecule has 0 radical (unpaired) electrons. The van der Waals surface area contributed by atoms with Gasteiger partial charge in [-0.1, -0.05) is 18.2 Å². The highest BCUT2D eigenvalue weighted by Gasteiger charge is 2.12. The Balaban J connectivity index is 1.37. The van der Waals surface area contributed by atoms with E-state index in [0.717, 1.165) is 20.5 Å². The van der Waals surface area contributed by atoms with Gasteiger partial charge in [0.25, 0.3) is 5.56 Å². The molecule has 0 aliphatic carbocycles. The molecule has 28 heavy (non-hydrogen) atoms. The average molecular weight is 411 g/mol. The lowest BCUT2D eigenvalue weighted by Crippen LogP contribution is -2.27. The molecule has 4 aromatic rings. The Kier molecular flexibility index (Phi) is 5.31. The summed E-state index contributed by atoms with van der Waals surface area (Å²) in [4.78, 5) is 35.8. The van der Waals surface area contributed by atoms with Crippen LogP contribution >= 0.6 is 22.7 Å². The number of nitrogens with zero attached hydrogens (tertiary/aromatic N) is 3. The number of carbonyl (C=O) groups excluding carboxylic acids is 1. The summed E-state index contributed by atoms with van der Waals surface area (Å²) in [6, 6.07) is 11.2. The first-order chi connectivity index (χ1) is 13.6. The molecule has 6 nitrogen and oxygen atoms in total. The average Bonchev–Trinajstić information content (AvgIpc) is 3.36. The van der Waals surface area contributed by atoms with Crippen LogP contribution in [0.3, 0.4) is 0 Å². The predicted molar refractivity (Wildman–Crippen MR) is 113 cm³/mol. The summed E-state index contributed by atoms with van der Waals surface area (Å²) in [5, 5.41) is 6.49. The van der Waals surface area contributed by atoms with Gasteiger partial charge >= 0.3 is 0 Å². The van der Waals surface area contributed by atoms with Crippen LogP contribution in [-0.4, -0.2) is 20.4 Å². The summed E-state index contributed by atoms with van der Waals surface area (Å²) in [6.45, 7) is 2.69. The van der Waals surface area contributed by atoms with Crippen LogP contribution in [-0.2, 0) is 17.9 Å². The van der Waals surface area contributed by atoms with Gasteiger partial charge in [0.2, 0.25) is 5.91 Å². The van der Waals surface area contributed by atoms with Crippen LogP contribution in [0.25, 0.3) is 20.8 Å². The molecule has 8 heteroatoms. The Labute approximate surface area is 169 Å². The van der Waals surface area contributed by atoms with Crippen molar-refractivity contribution in [1.82, 2.24) is 19.9 Å². The second-order valence-electron chi connectivity index (χ2n) is 6.29. The predicted octanol–water partition coefficient (Wildman–Crippen LogP) is 3.60. The fourth-order valence-electron chi connectivity index (χ4n) is 2.85. The Hall–Kier alpha value is -2.84. The Morgan fingerprint density at radius 1 is 1.21 bits per heavy atom. The largest absolute Gasteiger partial charge is 0.351 e. The summed E-state index contributed by atoms with van der Waals surface area (Å²) >= 11 is 3.25. The minimum atomic E-state index is -0.128. The van der Waals surface area contributed by atoms with Crippen molar-refractivity contribution in [3.63, 3.8) is 0 Å². The van der Waals surface area contributed by atoms with E-state index >= 15 is 0 Å². The maximum Gasteiger partial charge on any atom is 0.261 e. The number of amides is 1. The van der Waals surface area contributed by atoms with Crippen LogP contribution in [0.5, 0.6) is 0 Å². The number of benzene rings is 1. The lowest BCUT2D eigenvalue weighted by atomic mass is 10.2. The zero-order valence-corrected chi connectivity index (χ0v) is 16.8. The molecular weight excluding hydrogens is 392 g/mol. The molecule has 0 fully saturated rings. The number of aromatic nitrogens is 3. The molecule has 3 heterocycles. The van der Waals surface area contributed by atoms with Crippen LogP contribution in [0.1, 0.15) is 17.0 Å². The van der Waals surface area contributed by atoms with E-state index in [1.807, 2.05) is 36.6 Å². The van der Waals surface area contributed by atoms with Gasteiger partial charge < -0.3 is 5.32 Å². The third-order valence-electron chi connectivity index (χ3n) is 4.38. The number of fused-ring (bicyclic) bond motifs is 1. The number of hydrogen-bond acceptors (Lipinski definition) is 6. The fraction of sp³-hybridized carbons (Fsp3) is 0.200. The number of thiazole rings is 1. The summed E-state index contributed by atoms with van der Waals surface area (Å²) in [6.07, 6.45) is 1.72. The molecule has 0 unspecified atom stereocenters. The third kappa shape index (κ3) is 3.88. The van der Waals surface area contributed by atoms with Crippen LogP contribution in [0.15, 0.2) is 52.9 Å². The van der Waals surface area contributed by atoms with Gasteiger partial charge in [-0.05, 0) is 30.5 Å². The van der Waals surface area contributed by atoms with Crippen molar-refractivity contribution in [2.24, 2.45) is 0 Å². The molecule has 0 spiro atoms. The van der Waals surface area contributed by atoms with E-state index in [1.54, 1.807) is 34.8 Å². The Morgan fingerprint density at radius 2 is 2.07 bits per heavy atom. The van der Waals surface area contributed by atoms with Crippen molar-refractivity contribution >= 4 is 39.5 Å². The summed E-state index contributed by atoms with van der Waals surface area (Å²) in [5.74, 6) is -0.106. The summed E-state index contributed by atoms with van der Waals surface area (Å²) < 4.78 is 1.48. The van der Waals surface area contributed by atoms with Gasteiger partial charge in [0.15, 0.2) is 0 Å². The summed E-state index contributed by atoms with van der Waals surface area (Å²) in [7, 11) is 0. The second-order valence-corrected chi connectivity index (χ2v) is 8.32. The Bertz CT molecular complexity index is 1180. The number of hydrogen-bond donors (Lipinski definition) is 1. The number of para-hydroxylation sites is 1. The van der Waals surface area contributed by atoms with Crippen molar-refractivity contribution < 1.29 is 4.79 Å². The van der Waals surface area contributed by atoms with E-state index in [2.05, 4.69) is 15.3 Å². The molecule has 0 bridgehead atoms. The monoisotopic (exact) mass is 410 g/mol. The SMILES string of the molecule is Cc1nc(-c2cccs2)sc1CNC(=O)CCn1cnc2ccccc2c1=O. The van der Waals surface area contributed by atoms with Crippen molar-refractivity contribution in [2.45, 2.75) is 26.4 Å². The first kappa shape index (κ1) is 18.5. The highest BCUT2D eigenvalue weighted by atomic mass is 32.1. The Morgan fingerprint density at radius 3 is 2.89 bits per heavy atom. The van der Waals surface area contributed by atoms with Gasteiger partial charge in [-0.2, -0.15) is 0 Å². The molecule has 1 aromatic carbocycles. The molecule has 3 aromatic heterocycles. The maximum atomic E-state index is 12.5. The minimum Gasteiger partial charge on any atom is -0.351 e. The number of aryl methyl sites for hydroxylation is 2. The first-order valence-corrected chi connectivity index (χ1v) is 10.5. The minimum absolute atomic E-state index is 0.106. The highest BCUT2D eigenvalue weighted by molar-refractivity contribution is 7.21. The van der Waals surface area contributed by atoms with Gasteiger partial charge in [0.1, 0.15) is 5.01 Å². The molecule has 0 atom stereocenters. The first-order valence-electron chi connectivity index (χ1n) is 8.83. The molecule has 0 saturated heterocycles. The van der Waals surface area contributed by atoms with E-state index in [9.17, 15) is 9.59 Å². The van der Waals surface area contributed by atoms with Crippen LogP contribution in [0.4, 0.5) is 0 Å². The molecule has 142 valence electrons. The smallest absolute Gasteiger partial charge is 0.261 e. The van der Waals surface area contributed by atoms with Gasteiger partial charge in [-0.25, -0.2) is 9.97 Å². The van der Waals surface area contributed by atoms with E-state index in [1.165, 1.54) is 10.9 Å². The van der Waals surface area contributed by atoms with Gasteiger partial charge in [-0.15, -0.1) is 22.7 Å². The standard InChI is InChI=1S/C20H18N4O2S2/c1-13-17(28-19(23-13)16-7-4-10-27-16)11-21-18(25)8-9-24-12-22-15-6-3-2-5-14(15)20(24)26/h2-7,10,12H,8-9,11H2,1H3,(H,21,25).